The molecule has 3 saturated carbocycles. The summed E-state index contributed by atoms with van der Waals surface area (Å²) in [7, 11) is 0. The lowest BCUT2D eigenvalue weighted by Gasteiger charge is -2.43. The highest BCUT2D eigenvalue weighted by atomic mass is 19.4. The van der Waals surface area contributed by atoms with E-state index in [1.54, 1.807) is 0 Å². The first-order valence-electron chi connectivity index (χ1n) is 12.7. The molecule has 1 aromatic carbocycles. The second-order valence-corrected chi connectivity index (χ2v) is 10.7. The predicted molar refractivity (Wildman–Crippen MR) is 119 cm³/mol. The van der Waals surface area contributed by atoms with Crippen LogP contribution < -0.4 is 4.74 Å². The Morgan fingerprint density at radius 1 is 0.742 bits per heavy atom. The van der Waals surface area contributed by atoms with E-state index in [2.05, 4.69) is 11.7 Å². The summed E-state index contributed by atoms with van der Waals surface area (Å²) in [5, 5.41) is 0. The van der Waals surface area contributed by atoms with Crippen molar-refractivity contribution >= 4 is 0 Å². The van der Waals surface area contributed by atoms with Crippen LogP contribution in [0.15, 0.2) is 24.3 Å². The zero-order chi connectivity index (χ0) is 21.8. The third-order valence-electron chi connectivity index (χ3n) is 8.83. The molecule has 4 unspecified atom stereocenters. The number of halogens is 3. The molecule has 0 amide bonds. The first-order valence-corrected chi connectivity index (χ1v) is 12.7. The van der Waals surface area contributed by atoms with E-state index < -0.39 is 6.36 Å². The molecule has 174 valence electrons. The summed E-state index contributed by atoms with van der Waals surface area (Å²) in [6.45, 7) is 2.34. The van der Waals surface area contributed by atoms with Gasteiger partial charge >= 0.3 is 6.36 Å². The van der Waals surface area contributed by atoms with Gasteiger partial charge in [0.05, 0.1) is 0 Å². The second-order valence-electron chi connectivity index (χ2n) is 10.7. The normalized spacial score (nSPS) is 34.2. The van der Waals surface area contributed by atoms with E-state index in [0.717, 1.165) is 29.6 Å². The highest BCUT2D eigenvalue weighted by molar-refractivity contribution is 5.30. The van der Waals surface area contributed by atoms with E-state index in [1.165, 1.54) is 101 Å². The fourth-order valence-electron chi connectivity index (χ4n) is 6.89. The molecule has 0 N–H and O–H groups in total. The topological polar surface area (TPSA) is 9.23 Å². The lowest BCUT2D eigenvalue weighted by atomic mass is 9.63. The van der Waals surface area contributed by atoms with Crippen LogP contribution in [-0.4, -0.2) is 6.36 Å². The van der Waals surface area contributed by atoms with Crippen LogP contribution >= 0.6 is 0 Å². The smallest absolute Gasteiger partial charge is 0.406 e. The summed E-state index contributed by atoms with van der Waals surface area (Å²) in [5.74, 6) is 4.97. The molecule has 0 aliphatic heterocycles. The highest BCUT2D eigenvalue weighted by Gasteiger charge is 2.36. The molecular weight excluding hydrogens is 397 g/mol. The molecule has 0 spiro atoms. The summed E-state index contributed by atoms with van der Waals surface area (Å²) >= 11 is 0. The van der Waals surface area contributed by atoms with Gasteiger partial charge in [-0.25, -0.2) is 0 Å². The molecule has 1 nitrogen and oxygen atoms in total. The van der Waals surface area contributed by atoms with Crippen molar-refractivity contribution in [2.24, 2.45) is 29.6 Å². The largest absolute Gasteiger partial charge is 0.573 e. The minimum absolute atomic E-state index is 0.117. The summed E-state index contributed by atoms with van der Waals surface area (Å²) < 4.78 is 41.2. The van der Waals surface area contributed by atoms with Crippen LogP contribution in [0, 0.1) is 29.6 Å². The maximum absolute atomic E-state index is 12.4. The van der Waals surface area contributed by atoms with Crippen LogP contribution in [0.2, 0.25) is 0 Å². The molecular formula is C27H39F3O. The molecule has 0 saturated heterocycles. The Kier molecular flexibility index (Phi) is 7.54. The Morgan fingerprint density at radius 2 is 1.32 bits per heavy atom. The van der Waals surface area contributed by atoms with Gasteiger partial charge in [0.25, 0.3) is 0 Å². The standard InChI is InChI=1S/C27H39F3O/c1-2-19-3-5-20(6-4-19)7-8-21-9-10-25-18-24(12-11-23(25)17-21)22-13-15-26(16-14-22)31-27(28,29)30/h13-16,19-21,23-25H,2-12,17-18H2,1H3. The Labute approximate surface area is 186 Å². The molecule has 0 heterocycles. The van der Waals surface area contributed by atoms with Crippen molar-refractivity contribution in [1.82, 2.24) is 0 Å². The van der Waals surface area contributed by atoms with Crippen LogP contribution in [0.4, 0.5) is 13.2 Å². The molecule has 4 heteroatoms. The van der Waals surface area contributed by atoms with Crippen molar-refractivity contribution in [3.05, 3.63) is 29.8 Å². The van der Waals surface area contributed by atoms with Gasteiger partial charge in [-0.15, -0.1) is 13.2 Å². The van der Waals surface area contributed by atoms with E-state index in [0.29, 0.717) is 5.92 Å². The van der Waals surface area contributed by atoms with E-state index in [9.17, 15) is 13.2 Å². The maximum Gasteiger partial charge on any atom is 0.573 e. The van der Waals surface area contributed by atoms with Gasteiger partial charge in [0.1, 0.15) is 5.75 Å². The summed E-state index contributed by atoms with van der Waals surface area (Å²) in [6.07, 6.45) is 13.3. The Balaban J connectivity index is 1.22. The SMILES string of the molecule is CCC1CCC(CCC2CCC3CC(c4ccc(OC(F)(F)F)cc4)CCC3C2)CC1. The molecule has 4 rings (SSSR count). The van der Waals surface area contributed by atoms with E-state index in [4.69, 9.17) is 0 Å². The average molecular weight is 437 g/mol. The van der Waals surface area contributed by atoms with Gasteiger partial charge < -0.3 is 4.74 Å². The first kappa shape index (κ1) is 23.0. The van der Waals surface area contributed by atoms with Crippen LogP contribution in [0.25, 0.3) is 0 Å². The quantitative estimate of drug-likeness (QED) is 0.432. The molecule has 0 bridgehead atoms. The van der Waals surface area contributed by atoms with E-state index >= 15 is 0 Å². The monoisotopic (exact) mass is 436 g/mol. The van der Waals surface area contributed by atoms with Gasteiger partial charge in [0.2, 0.25) is 0 Å². The number of hydrogen-bond acceptors (Lipinski definition) is 1. The molecule has 0 aromatic heterocycles. The number of alkyl halides is 3. The number of ether oxygens (including phenoxy) is 1. The zero-order valence-electron chi connectivity index (χ0n) is 19.0. The third-order valence-corrected chi connectivity index (χ3v) is 8.83. The number of benzene rings is 1. The van der Waals surface area contributed by atoms with Crippen molar-refractivity contribution in [2.45, 2.75) is 103 Å². The third kappa shape index (κ3) is 6.42. The van der Waals surface area contributed by atoms with Crippen molar-refractivity contribution in [3.8, 4) is 5.75 Å². The fraction of sp³-hybridized carbons (Fsp3) is 0.778. The number of hydrogen-bond donors (Lipinski definition) is 0. The number of rotatable bonds is 6. The Morgan fingerprint density at radius 3 is 2.00 bits per heavy atom. The predicted octanol–water partition coefficient (Wildman–Crippen LogP) is 8.88. The molecule has 3 aliphatic carbocycles. The molecule has 3 aliphatic rings. The molecule has 0 radical (unpaired) electrons. The maximum atomic E-state index is 12.4. The summed E-state index contributed by atoms with van der Waals surface area (Å²) in [4.78, 5) is 0. The van der Waals surface area contributed by atoms with Gasteiger partial charge in [0.15, 0.2) is 0 Å². The lowest BCUT2D eigenvalue weighted by Crippen LogP contribution is -2.30. The molecule has 3 fully saturated rings. The van der Waals surface area contributed by atoms with Gasteiger partial charge in [-0.1, -0.05) is 70.4 Å². The van der Waals surface area contributed by atoms with Crippen molar-refractivity contribution in [3.63, 3.8) is 0 Å². The van der Waals surface area contributed by atoms with Crippen LogP contribution in [0.3, 0.4) is 0 Å². The Hall–Kier alpha value is -1.19. The molecule has 1 aromatic rings. The minimum Gasteiger partial charge on any atom is -0.406 e. The minimum atomic E-state index is -4.62. The van der Waals surface area contributed by atoms with Crippen molar-refractivity contribution < 1.29 is 17.9 Å². The van der Waals surface area contributed by atoms with Gasteiger partial charge in [0, 0.05) is 0 Å². The van der Waals surface area contributed by atoms with E-state index in [1.807, 2.05) is 12.1 Å². The van der Waals surface area contributed by atoms with Crippen molar-refractivity contribution in [2.75, 3.05) is 0 Å². The zero-order valence-corrected chi connectivity index (χ0v) is 19.0. The van der Waals surface area contributed by atoms with Gasteiger partial charge in [-0.3, -0.25) is 0 Å². The number of fused-ring (bicyclic) bond motifs is 1. The van der Waals surface area contributed by atoms with Crippen molar-refractivity contribution in [1.29, 1.82) is 0 Å². The second kappa shape index (κ2) is 10.2. The fourth-order valence-corrected chi connectivity index (χ4v) is 6.89. The summed E-state index contributed by atoms with van der Waals surface area (Å²) in [5.41, 5.74) is 1.18. The van der Waals surface area contributed by atoms with E-state index in [-0.39, 0.29) is 5.75 Å². The lowest BCUT2D eigenvalue weighted by molar-refractivity contribution is -0.274. The molecule has 4 atom stereocenters. The van der Waals surface area contributed by atoms with Gasteiger partial charge in [-0.05, 0) is 85.3 Å². The Bertz CT molecular complexity index is 675. The summed E-state index contributed by atoms with van der Waals surface area (Å²) in [6, 6.07) is 6.62. The van der Waals surface area contributed by atoms with Crippen LogP contribution in [0.1, 0.15) is 102 Å². The molecule has 31 heavy (non-hydrogen) atoms. The van der Waals surface area contributed by atoms with Crippen LogP contribution in [-0.2, 0) is 0 Å². The average Bonchev–Trinajstić information content (AvgIpc) is 2.77. The highest BCUT2D eigenvalue weighted by Crippen LogP contribution is 2.49. The first-order chi connectivity index (χ1) is 14.9. The van der Waals surface area contributed by atoms with Crippen LogP contribution in [0.5, 0.6) is 5.75 Å². The van der Waals surface area contributed by atoms with Gasteiger partial charge in [-0.2, -0.15) is 0 Å².